The molecule has 0 saturated heterocycles. The number of hydrogen-bond donors (Lipinski definition) is 2. The zero-order chi connectivity index (χ0) is 11.1. The third-order valence-corrected chi connectivity index (χ3v) is 2.10. The second-order valence-corrected chi connectivity index (χ2v) is 3.73. The molecule has 0 spiro atoms. The lowest BCUT2D eigenvalue weighted by molar-refractivity contribution is -0.121. The van der Waals surface area contributed by atoms with Crippen molar-refractivity contribution in [1.82, 2.24) is 5.32 Å². The average Bonchev–Trinajstić information content (AvgIpc) is 2.66. The molecule has 0 bridgehead atoms. The Labute approximate surface area is 89.8 Å². The van der Waals surface area contributed by atoms with Crippen LogP contribution in [0.1, 0.15) is 31.9 Å². The lowest BCUT2D eigenvalue weighted by atomic mass is 10.1. The number of furan rings is 1. The van der Waals surface area contributed by atoms with E-state index in [-0.39, 0.29) is 11.9 Å². The zero-order valence-electron chi connectivity index (χ0n) is 9.03. The molecule has 0 saturated carbocycles. The summed E-state index contributed by atoms with van der Waals surface area (Å²) in [6.45, 7) is 2.41. The molecule has 0 aliphatic rings. The van der Waals surface area contributed by atoms with Crippen molar-refractivity contribution in [3.8, 4) is 0 Å². The van der Waals surface area contributed by atoms with Gasteiger partial charge in [0.1, 0.15) is 5.76 Å². The highest BCUT2D eigenvalue weighted by molar-refractivity contribution is 5.75. The topological polar surface area (TPSA) is 68.3 Å². The Morgan fingerprint density at radius 2 is 2.47 bits per heavy atom. The van der Waals surface area contributed by atoms with Crippen molar-refractivity contribution in [3.63, 3.8) is 0 Å². The third-order valence-electron chi connectivity index (χ3n) is 2.10. The number of amides is 1. The highest BCUT2D eigenvalue weighted by Crippen LogP contribution is 2.01. The Balaban J connectivity index is 2.09. The summed E-state index contributed by atoms with van der Waals surface area (Å²) in [7, 11) is 0. The van der Waals surface area contributed by atoms with Gasteiger partial charge in [-0.25, -0.2) is 0 Å². The molecule has 15 heavy (non-hydrogen) atoms. The molecular weight excluding hydrogens is 192 g/mol. The van der Waals surface area contributed by atoms with Crippen molar-refractivity contribution in [3.05, 3.63) is 24.2 Å². The third kappa shape index (κ3) is 5.22. The van der Waals surface area contributed by atoms with Gasteiger partial charge in [-0.2, -0.15) is 0 Å². The molecule has 1 atom stereocenters. The normalized spacial score (nSPS) is 12.4. The van der Waals surface area contributed by atoms with E-state index in [9.17, 15) is 4.79 Å². The van der Waals surface area contributed by atoms with Gasteiger partial charge in [0.15, 0.2) is 0 Å². The molecule has 1 amide bonds. The molecule has 0 aromatic carbocycles. The van der Waals surface area contributed by atoms with Gasteiger partial charge < -0.3 is 15.5 Å². The minimum atomic E-state index is 0.0482. The van der Waals surface area contributed by atoms with E-state index < -0.39 is 0 Å². The molecule has 1 heterocycles. The van der Waals surface area contributed by atoms with Crippen molar-refractivity contribution in [1.29, 1.82) is 0 Å². The number of hydrogen-bond acceptors (Lipinski definition) is 3. The number of rotatable bonds is 6. The van der Waals surface area contributed by atoms with Crippen molar-refractivity contribution in [2.45, 2.75) is 38.8 Å². The van der Waals surface area contributed by atoms with Crippen LogP contribution in [0.5, 0.6) is 0 Å². The van der Waals surface area contributed by atoms with Crippen LogP contribution in [-0.4, -0.2) is 11.9 Å². The van der Waals surface area contributed by atoms with Gasteiger partial charge in [-0.3, -0.25) is 4.79 Å². The number of carbonyl (C=O) groups excluding carboxylic acids is 1. The van der Waals surface area contributed by atoms with Crippen LogP contribution in [0.3, 0.4) is 0 Å². The van der Waals surface area contributed by atoms with Gasteiger partial charge in [-0.05, 0) is 31.9 Å². The first-order valence-corrected chi connectivity index (χ1v) is 5.23. The zero-order valence-corrected chi connectivity index (χ0v) is 9.03. The van der Waals surface area contributed by atoms with Crippen LogP contribution in [0.15, 0.2) is 22.8 Å². The highest BCUT2D eigenvalue weighted by atomic mass is 16.3. The van der Waals surface area contributed by atoms with Gasteiger partial charge in [0.05, 0.1) is 12.8 Å². The van der Waals surface area contributed by atoms with E-state index in [0.29, 0.717) is 13.0 Å². The average molecular weight is 210 g/mol. The summed E-state index contributed by atoms with van der Waals surface area (Å²) >= 11 is 0. The van der Waals surface area contributed by atoms with Crippen LogP contribution in [0, 0.1) is 0 Å². The van der Waals surface area contributed by atoms with Crippen LogP contribution in [0.25, 0.3) is 0 Å². The van der Waals surface area contributed by atoms with E-state index in [1.807, 2.05) is 13.0 Å². The number of nitrogens with two attached hydrogens (primary N) is 1. The molecule has 1 aromatic rings. The Morgan fingerprint density at radius 3 is 3.07 bits per heavy atom. The van der Waals surface area contributed by atoms with Crippen molar-refractivity contribution >= 4 is 5.91 Å². The second kappa shape index (κ2) is 6.24. The highest BCUT2D eigenvalue weighted by Gasteiger charge is 2.03. The van der Waals surface area contributed by atoms with Crippen molar-refractivity contribution in [2.24, 2.45) is 5.73 Å². The van der Waals surface area contributed by atoms with Crippen LogP contribution in [-0.2, 0) is 11.3 Å². The van der Waals surface area contributed by atoms with Gasteiger partial charge in [0.2, 0.25) is 5.91 Å². The number of nitrogens with one attached hydrogen (secondary N) is 1. The largest absolute Gasteiger partial charge is 0.467 e. The minimum absolute atomic E-state index is 0.0482. The molecule has 0 aliphatic carbocycles. The van der Waals surface area contributed by atoms with Gasteiger partial charge in [0.25, 0.3) is 0 Å². The molecule has 1 unspecified atom stereocenters. The molecule has 0 fully saturated rings. The maximum absolute atomic E-state index is 11.3. The predicted molar refractivity (Wildman–Crippen MR) is 58.1 cm³/mol. The van der Waals surface area contributed by atoms with Crippen LogP contribution < -0.4 is 11.1 Å². The van der Waals surface area contributed by atoms with Crippen LogP contribution >= 0.6 is 0 Å². The summed E-state index contributed by atoms with van der Waals surface area (Å²) in [6.07, 6.45) is 3.84. The molecule has 84 valence electrons. The number of carbonyl (C=O) groups is 1. The molecule has 0 aliphatic heterocycles. The quantitative estimate of drug-likeness (QED) is 0.746. The molecular formula is C11H18N2O2. The molecule has 0 radical (unpaired) electrons. The first-order chi connectivity index (χ1) is 7.18. The summed E-state index contributed by atoms with van der Waals surface area (Å²) < 4.78 is 5.09. The van der Waals surface area contributed by atoms with E-state index in [0.717, 1.165) is 18.6 Å². The minimum Gasteiger partial charge on any atom is -0.467 e. The van der Waals surface area contributed by atoms with E-state index in [4.69, 9.17) is 10.2 Å². The Bertz CT molecular complexity index is 281. The first-order valence-electron chi connectivity index (χ1n) is 5.23. The maximum Gasteiger partial charge on any atom is 0.220 e. The lowest BCUT2D eigenvalue weighted by Gasteiger charge is -2.05. The lowest BCUT2D eigenvalue weighted by Crippen LogP contribution is -2.23. The van der Waals surface area contributed by atoms with Crippen LogP contribution in [0.2, 0.25) is 0 Å². The van der Waals surface area contributed by atoms with Gasteiger partial charge in [-0.1, -0.05) is 0 Å². The summed E-state index contributed by atoms with van der Waals surface area (Å²) in [6, 6.07) is 3.81. The predicted octanol–water partition coefficient (Wildman–Crippen LogP) is 1.41. The standard InChI is InChI=1S/C11H18N2O2/c1-9(12)4-2-6-11(14)13-8-10-5-3-7-15-10/h3,5,7,9H,2,4,6,8,12H2,1H3,(H,13,14). The Kier molecular flexibility index (Phi) is 4.90. The van der Waals surface area contributed by atoms with E-state index in [1.54, 1.807) is 12.3 Å². The van der Waals surface area contributed by atoms with E-state index in [1.165, 1.54) is 0 Å². The fraction of sp³-hybridized carbons (Fsp3) is 0.545. The van der Waals surface area contributed by atoms with E-state index in [2.05, 4.69) is 5.32 Å². The molecule has 3 N–H and O–H groups in total. The Morgan fingerprint density at radius 1 is 1.67 bits per heavy atom. The SMILES string of the molecule is CC(N)CCCC(=O)NCc1ccco1. The summed E-state index contributed by atoms with van der Waals surface area (Å²) in [5, 5.41) is 2.79. The monoisotopic (exact) mass is 210 g/mol. The summed E-state index contributed by atoms with van der Waals surface area (Å²) in [4.78, 5) is 11.3. The van der Waals surface area contributed by atoms with Gasteiger partial charge >= 0.3 is 0 Å². The van der Waals surface area contributed by atoms with Gasteiger partial charge in [0, 0.05) is 12.5 Å². The second-order valence-electron chi connectivity index (χ2n) is 3.73. The van der Waals surface area contributed by atoms with Crippen LogP contribution in [0.4, 0.5) is 0 Å². The Hall–Kier alpha value is -1.29. The summed E-state index contributed by atoms with van der Waals surface area (Å²) in [5.74, 6) is 0.822. The fourth-order valence-electron chi connectivity index (χ4n) is 1.27. The van der Waals surface area contributed by atoms with Gasteiger partial charge in [-0.15, -0.1) is 0 Å². The maximum atomic E-state index is 11.3. The molecule has 4 heteroatoms. The molecule has 1 aromatic heterocycles. The smallest absolute Gasteiger partial charge is 0.220 e. The van der Waals surface area contributed by atoms with Crippen molar-refractivity contribution in [2.75, 3.05) is 0 Å². The molecule has 1 rings (SSSR count). The van der Waals surface area contributed by atoms with E-state index >= 15 is 0 Å². The first kappa shape index (κ1) is 11.8. The summed E-state index contributed by atoms with van der Waals surface area (Å²) in [5.41, 5.74) is 5.58. The van der Waals surface area contributed by atoms with Crippen molar-refractivity contribution < 1.29 is 9.21 Å². The fourth-order valence-corrected chi connectivity index (χ4v) is 1.27. The molecule has 4 nitrogen and oxygen atoms in total.